The van der Waals surface area contributed by atoms with E-state index in [4.69, 9.17) is 4.74 Å². The van der Waals surface area contributed by atoms with Crippen molar-refractivity contribution in [3.05, 3.63) is 34.1 Å². The van der Waals surface area contributed by atoms with Crippen LogP contribution in [0.1, 0.15) is 31.7 Å². The second kappa shape index (κ2) is 7.36. The summed E-state index contributed by atoms with van der Waals surface area (Å²) in [5.41, 5.74) is 0.771. The van der Waals surface area contributed by atoms with Gasteiger partial charge in [0.05, 0.1) is 6.10 Å². The van der Waals surface area contributed by atoms with Gasteiger partial charge in [-0.2, -0.15) is 0 Å². The number of rotatable bonds is 6. The molecule has 1 aliphatic rings. The first-order valence-electron chi connectivity index (χ1n) is 6.98. The molecule has 1 aliphatic heterocycles. The number of hydrogen-bond acceptors (Lipinski definition) is 2. The van der Waals surface area contributed by atoms with Gasteiger partial charge in [0, 0.05) is 17.1 Å². The Kier molecular flexibility index (Phi) is 5.79. The van der Waals surface area contributed by atoms with Gasteiger partial charge in [-0.05, 0) is 49.9 Å². The van der Waals surface area contributed by atoms with Crippen LogP contribution < -0.4 is 5.32 Å². The van der Waals surface area contributed by atoms with Crippen molar-refractivity contribution in [3.8, 4) is 0 Å². The van der Waals surface area contributed by atoms with E-state index in [1.165, 1.54) is 6.07 Å². The molecule has 19 heavy (non-hydrogen) atoms. The molecule has 0 saturated carbocycles. The van der Waals surface area contributed by atoms with Crippen LogP contribution in [0, 0.1) is 5.82 Å². The molecule has 1 heterocycles. The molecule has 0 amide bonds. The third-order valence-corrected chi connectivity index (χ3v) is 4.04. The molecule has 0 aromatic heterocycles. The lowest BCUT2D eigenvalue weighted by atomic mass is 9.99. The maximum absolute atomic E-state index is 13.9. The summed E-state index contributed by atoms with van der Waals surface area (Å²) >= 11 is 3.29. The molecule has 0 aliphatic carbocycles. The van der Waals surface area contributed by atoms with Crippen LogP contribution in [0.15, 0.2) is 22.7 Å². The minimum atomic E-state index is -0.135. The Bertz CT molecular complexity index is 407. The predicted octanol–water partition coefficient (Wildman–Crippen LogP) is 3.68. The molecule has 0 bridgehead atoms. The largest absolute Gasteiger partial charge is 0.378 e. The first-order chi connectivity index (χ1) is 9.19. The van der Waals surface area contributed by atoms with E-state index in [0.29, 0.717) is 12.5 Å². The Morgan fingerprint density at radius 1 is 1.53 bits per heavy atom. The van der Waals surface area contributed by atoms with Crippen LogP contribution in [-0.4, -0.2) is 25.3 Å². The van der Waals surface area contributed by atoms with Gasteiger partial charge < -0.3 is 10.1 Å². The maximum Gasteiger partial charge on any atom is 0.127 e. The normalized spacial score (nSPS) is 20.7. The lowest BCUT2D eigenvalue weighted by Crippen LogP contribution is -2.34. The van der Waals surface area contributed by atoms with Crippen molar-refractivity contribution >= 4 is 15.9 Å². The van der Waals surface area contributed by atoms with Crippen molar-refractivity contribution in [2.75, 3.05) is 13.2 Å². The summed E-state index contributed by atoms with van der Waals surface area (Å²) in [7, 11) is 0. The Labute approximate surface area is 122 Å². The van der Waals surface area contributed by atoms with Crippen LogP contribution >= 0.6 is 15.9 Å². The van der Waals surface area contributed by atoms with E-state index in [2.05, 4.69) is 28.2 Å². The number of likely N-dealkylation sites (N-methyl/N-ethyl adjacent to an activating group) is 1. The average Bonchev–Trinajstić information content (AvgIpc) is 2.86. The highest BCUT2D eigenvalue weighted by Gasteiger charge is 2.21. The van der Waals surface area contributed by atoms with Crippen LogP contribution in [0.25, 0.3) is 0 Å². The van der Waals surface area contributed by atoms with Gasteiger partial charge >= 0.3 is 0 Å². The van der Waals surface area contributed by atoms with Gasteiger partial charge in [0.25, 0.3) is 0 Å². The zero-order chi connectivity index (χ0) is 13.7. The molecule has 2 rings (SSSR count). The number of benzene rings is 1. The van der Waals surface area contributed by atoms with Gasteiger partial charge in [-0.15, -0.1) is 0 Å². The van der Waals surface area contributed by atoms with Crippen LogP contribution in [0.2, 0.25) is 0 Å². The highest BCUT2D eigenvalue weighted by atomic mass is 79.9. The monoisotopic (exact) mass is 329 g/mol. The van der Waals surface area contributed by atoms with E-state index in [1.54, 1.807) is 0 Å². The van der Waals surface area contributed by atoms with Crippen LogP contribution in [-0.2, 0) is 11.2 Å². The number of ether oxygens (including phenoxy) is 1. The van der Waals surface area contributed by atoms with Gasteiger partial charge in [-0.3, -0.25) is 0 Å². The summed E-state index contributed by atoms with van der Waals surface area (Å²) in [4.78, 5) is 0. The first-order valence-corrected chi connectivity index (χ1v) is 7.77. The lowest BCUT2D eigenvalue weighted by molar-refractivity contribution is 0.0947. The molecule has 0 radical (unpaired) electrons. The Morgan fingerprint density at radius 2 is 2.37 bits per heavy atom. The molecule has 1 saturated heterocycles. The standard InChI is InChI=1S/C15H21BrFNO/c1-2-18-13(10-14-4-3-7-19-14)8-11-5-6-12(16)9-15(11)17/h5-6,9,13-14,18H,2-4,7-8,10H2,1H3. The highest BCUT2D eigenvalue weighted by molar-refractivity contribution is 9.10. The molecule has 1 N–H and O–H groups in total. The van der Waals surface area contributed by atoms with E-state index >= 15 is 0 Å². The maximum atomic E-state index is 13.9. The second-order valence-electron chi connectivity index (χ2n) is 5.07. The van der Waals surface area contributed by atoms with E-state index in [0.717, 1.165) is 42.5 Å². The van der Waals surface area contributed by atoms with E-state index in [1.807, 2.05) is 12.1 Å². The predicted molar refractivity (Wildman–Crippen MR) is 78.9 cm³/mol. The molecule has 106 valence electrons. The molecule has 2 unspecified atom stereocenters. The summed E-state index contributed by atoms with van der Waals surface area (Å²) in [6.45, 7) is 3.85. The van der Waals surface area contributed by atoms with Gasteiger partial charge in [0.1, 0.15) is 5.82 Å². The van der Waals surface area contributed by atoms with Crippen molar-refractivity contribution in [2.24, 2.45) is 0 Å². The molecule has 4 heteroatoms. The van der Waals surface area contributed by atoms with Crippen LogP contribution in [0.4, 0.5) is 4.39 Å². The van der Waals surface area contributed by atoms with Gasteiger partial charge in [-0.1, -0.05) is 28.9 Å². The average molecular weight is 330 g/mol. The molecular weight excluding hydrogens is 309 g/mol. The molecule has 1 fully saturated rings. The fourth-order valence-electron chi connectivity index (χ4n) is 2.63. The summed E-state index contributed by atoms with van der Waals surface area (Å²) < 4.78 is 20.3. The van der Waals surface area contributed by atoms with Crippen molar-refractivity contribution in [1.82, 2.24) is 5.32 Å². The Morgan fingerprint density at radius 3 is 3.00 bits per heavy atom. The fourth-order valence-corrected chi connectivity index (χ4v) is 2.96. The molecule has 0 spiro atoms. The minimum absolute atomic E-state index is 0.135. The molecule has 1 aromatic rings. The topological polar surface area (TPSA) is 21.3 Å². The number of halogens is 2. The lowest BCUT2D eigenvalue weighted by Gasteiger charge is -2.21. The summed E-state index contributed by atoms with van der Waals surface area (Å²) in [6, 6.07) is 5.57. The Balaban J connectivity index is 1.98. The van der Waals surface area contributed by atoms with Crippen LogP contribution in [0.5, 0.6) is 0 Å². The van der Waals surface area contributed by atoms with Crippen molar-refractivity contribution in [1.29, 1.82) is 0 Å². The quantitative estimate of drug-likeness (QED) is 0.859. The SMILES string of the molecule is CCNC(Cc1ccc(Br)cc1F)CC1CCCO1. The van der Waals surface area contributed by atoms with E-state index in [9.17, 15) is 4.39 Å². The van der Waals surface area contributed by atoms with Crippen molar-refractivity contribution < 1.29 is 9.13 Å². The van der Waals surface area contributed by atoms with Gasteiger partial charge in [0.15, 0.2) is 0 Å². The molecule has 2 atom stereocenters. The van der Waals surface area contributed by atoms with Crippen molar-refractivity contribution in [2.45, 2.75) is 44.8 Å². The second-order valence-corrected chi connectivity index (χ2v) is 5.98. The van der Waals surface area contributed by atoms with Gasteiger partial charge in [-0.25, -0.2) is 4.39 Å². The first kappa shape index (κ1) is 14.9. The van der Waals surface area contributed by atoms with Gasteiger partial charge in [0.2, 0.25) is 0 Å². The Hall–Kier alpha value is -0.450. The van der Waals surface area contributed by atoms with E-state index < -0.39 is 0 Å². The third kappa shape index (κ3) is 4.55. The summed E-state index contributed by atoms with van der Waals surface area (Å²) in [5.74, 6) is -0.135. The highest BCUT2D eigenvalue weighted by Crippen LogP contribution is 2.21. The zero-order valence-corrected chi connectivity index (χ0v) is 12.9. The smallest absolute Gasteiger partial charge is 0.127 e. The zero-order valence-electron chi connectivity index (χ0n) is 11.3. The number of hydrogen-bond donors (Lipinski definition) is 1. The molecular formula is C15H21BrFNO. The third-order valence-electron chi connectivity index (χ3n) is 3.55. The number of nitrogens with one attached hydrogen (secondary N) is 1. The van der Waals surface area contributed by atoms with Crippen molar-refractivity contribution in [3.63, 3.8) is 0 Å². The molecule has 2 nitrogen and oxygen atoms in total. The molecule has 1 aromatic carbocycles. The summed E-state index contributed by atoms with van der Waals surface area (Å²) in [5, 5.41) is 3.44. The van der Waals surface area contributed by atoms with E-state index in [-0.39, 0.29) is 11.9 Å². The summed E-state index contributed by atoms with van der Waals surface area (Å²) in [6.07, 6.45) is 4.29. The van der Waals surface area contributed by atoms with Crippen LogP contribution in [0.3, 0.4) is 0 Å². The minimum Gasteiger partial charge on any atom is -0.378 e. The fraction of sp³-hybridized carbons (Fsp3) is 0.600.